The van der Waals surface area contributed by atoms with Crippen LogP contribution in [0.25, 0.3) is 0 Å². The largest absolute Gasteiger partial charge is 0.354 e. The van der Waals surface area contributed by atoms with Crippen molar-refractivity contribution in [3.63, 3.8) is 0 Å². The van der Waals surface area contributed by atoms with Crippen molar-refractivity contribution in [2.75, 3.05) is 12.3 Å². The van der Waals surface area contributed by atoms with Gasteiger partial charge in [-0.25, -0.2) is 0 Å². The zero-order chi connectivity index (χ0) is 22.1. The van der Waals surface area contributed by atoms with Crippen molar-refractivity contribution in [3.05, 3.63) is 69.7 Å². The molecule has 0 aliphatic rings. The first-order valence-electron chi connectivity index (χ1n) is 10.3. The Morgan fingerprint density at radius 2 is 1.80 bits per heavy atom. The molecule has 0 bridgehead atoms. The molecule has 0 heterocycles. The molecule has 0 aliphatic heterocycles. The van der Waals surface area contributed by atoms with Crippen molar-refractivity contribution >= 4 is 35.2 Å². The number of hydrogen-bond donors (Lipinski definition) is 1. The number of carbonyl (C=O) groups excluding carboxylic acids is 2. The van der Waals surface area contributed by atoms with Crippen LogP contribution in [0.4, 0.5) is 0 Å². The number of rotatable bonds is 10. The summed E-state index contributed by atoms with van der Waals surface area (Å²) in [5.41, 5.74) is 4.48. The molecule has 4 nitrogen and oxygen atoms in total. The van der Waals surface area contributed by atoms with E-state index in [1.54, 1.807) is 29.7 Å². The zero-order valence-corrected chi connectivity index (χ0v) is 19.8. The minimum Gasteiger partial charge on any atom is -0.354 e. The number of nitrogens with zero attached hydrogens (tertiary/aromatic N) is 1. The monoisotopic (exact) mass is 446 g/mol. The van der Waals surface area contributed by atoms with E-state index in [1.807, 2.05) is 25.1 Å². The Bertz CT molecular complexity index is 852. The number of thioether (sulfide) groups is 1. The van der Waals surface area contributed by atoms with Crippen LogP contribution in [0.3, 0.4) is 0 Å². The number of aryl methyl sites for hydroxylation is 2. The van der Waals surface area contributed by atoms with Gasteiger partial charge in [0, 0.05) is 23.9 Å². The normalized spacial score (nSPS) is 11.8. The van der Waals surface area contributed by atoms with E-state index in [-0.39, 0.29) is 11.8 Å². The van der Waals surface area contributed by atoms with E-state index in [2.05, 4.69) is 37.4 Å². The van der Waals surface area contributed by atoms with Crippen LogP contribution >= 0.6 is 23.4 Å². The molecule has 0 radical (unpaired) electrons. The van der Waals surface area contributed by atoms with Crippen LogP contribution in [0.5, 0.6) is 0 Å². The van der Waals surface area contributed by atoms with E-state index < -0.39 is 6.04 Å². The molecular weight excluding hydrogens is 416 g/mol. The fourth-order valence-corrected chi connectivity index (χ4v) is 4.32. The average Bonchev–Trinajstić information content (AvgIpc) is 2.70. The van der Waals surface area contributed by atoms with Crippen molar-refractivity contribution < 1.29 is 9.59 Å². The Kier molecular flexibility index (Phi) is 9.73. The molecule has 30 heavy (non-hydrogen) atoms. The van der Waals surface area contributed by atoms with Crippen LogP contribution in [-0.2, 0) is 21.9 Å². The summed E-state index contributed by atoms with van der Waals surface area (Å²) < 4.78 is 0. The summed E-state index contributed by atoms with van der Waals surface area (Å²) >= 11 is 7.88. The lowest BCUT2D eigenvalue weighted by Gasteiger charge is -2.29. The Balaban J connectivity index is 2.08. The molecule has 1 atom stereocenters. The minimum absolute atomic E-state index is 0.0663. The van der Waals surface area contributed by atoms with Gasteiger partial charge in [-0.05, 0) is 44.4 Å². The molecule has 1 N–H and O–H groups in total. The van der Waals surface area contributed by atoms with Crippen molar-refractivity contribution in [2.24, 2.45) is 0 Å². The summed E-state index contributed by atoms with van der Waals surface area (Å²) in [4.78, 5) is 27.3. The third kappa shape index (κ3) is 7.37. The molecule has 1 unspecified atom stereocenters. The molecular formula is C24H31ClN2O2S. The summed E-state index contributed by atoms with van der Waals surface area (Å²) in [6, 6.07) is 13.3. The maximum Gasteiger partial charge on any atom is 0.242 e. The number of halogens is 1. The van der Waals surface area contributed by atoms with Gasteiger partial charge < -0.3 is 10.2 Å². The summed E-state index contributed by atoms with van der Waals surface area (Å²) in [5, 5.41) is 3.49. The third-order valence-electron chi connectivity index (χ3n) is 4.79. The highest BCUT2D eigenvalue weighted by molar-refractivity contribution is 7.99. The highest BCUT2D eigenvalue weighted by atomic mass is 35.5. The Hall–Kier alpha value is -1.98. The SMILES string of the molecule is CCCNC(=O)C(C)N(Cc1ccccc1Cl)C(=O)CSCc1cc(C)cc(C)c1. The van der Waals surface area contributed by atoms with E-state index in [9.17, 15) is 9.59 Å². The first-order valence-corrected chi connectivity index (χ1v) is 11.8. The smallest absolute Gasteiger partial charge is 0.242 e. The maximum atomic E-state index is 13.1. The second-order valence-electron chi connectivity index (χ2n) is 7.57. The predicted octanol–water partition coefficient (Wildman–Crippen LogP) is 5.13. The van der Waals surface area contributed by atoms with Crippen molar-refractivity contribution in [2.45, 2.75) is 52.5 Å². The van der Waals surface area contributed by atoms with Crippen LogP contribution in [0.15, 0.2) is 42.5 Å². The Morgan fingerprint density at radius 1 is 1.13 bits per heavy atom. The second kappa shape index (κ2) is 12.0. The van der Waals surface area contributed by atoms with Gasteiger partial charge in [0.05, 0.1) is 5.75 Å². The summed E-state index contributed by atoms with van der Waals surface area (Å²) in [7, 11) is 0. The molecule has 0 saturated carbocycles. The topological polar surface area (TPSA) is 49.4 Å². The van der Waals surface area contributed by atoms with Gasteiger partial charge in [-0.2, -0.15) is 0 Å². The molecule has 0 aromatic heterocycles. The van der Waals surface area contributed by atoms with Crippen molar-refractivity contribution in [3.8, 4) is 0 Å². The molecule has 0 saturated heterocycles. The van der Waals surface area contributed by atoms with Gasteiger partial charge in [0.25, 0.3) is 0 Å². The third-order valence-corrected chi connectivity index (χ3v) is 6.15. The summed E-state index contributed by atoms with van der Waals surface area (Å²) in [5.74, 6) is 0.855. The lowest BCUT2D eigenvalue weighted by molar-refractivity contribution is -0.138. The number of carbonyl (C=O) groups is 2. The van der Waals surface area contributed by atoms with E-state index in [4.69, 9.17) is 11.6 Å². The van der Waals surface area contributed by atoms with Gasteiger partial charge in [-0.3, -0.25) is 9.59 Å². The molecule has 0 aliphatic carbocycles. The van der Waals surface area contributed by atoms with Crippen LogP contribution in [0, 0.1) is 13.8 Å². The van der Waals surface area contributed by atoms with Crippen molar-refractivity contribution in [1.82, 2.24) is 10.2 Å². The molecule has 6 heteroatoms. The maximum absolute atomic E-state index is 13.1. The zero-order valence-electron chi connectivity index (χ0n) is 18.2. The molecule has 2 rings (SSSR count). The molecule has 0 fully saturated rings. The second-order valence-corrected chi connectivity index (χ2v) is 8.96. The summed E-state index contributed by atoms with van der Waals surface area (Å²) in [6.45, 7) is 8.83. The fourth-order valence-electron chi connectivity index (χ4n) is 3.28. The average molecular weight is 447 g/mol. The number of benzene rings is 2. The van der Waals surface area contributed by atoms with E-state index in [1.165, 1.54) is 16.7 Å². The number of nitrogens with one attached hydrogen (secondary N) is 1. The van der Waals surface area contributed by atoms with Gasteiger partial charge >= 0.3 is 0 Å². The quantitative estimate of drug-likeness (QED) is 0.550. The van der Waals surface area contributed by atoms with Gasteiger partial charge in [-0.15, -0.1) is 11.8 Å². The molecule has 2 aromatic carbocycles. The Labute approximate surface area is 189 Å². The van der Waals surface area contributed by atoms with Gasteiger partial charge in [0.15, 0.2) is 0 Å². The number of hydrogen-bond acceptors (Lipinski definition) is 3. The number of amides is 2. The highest BCUT2D eigenvalue weighted by Gasteiger charge is 2.26. The van der Waals surface area contributed by atoms with Crippen molar-refractivity contribution in [1.29, 1.82) is 0 Å². The lowest BCUT2D eigenvalue weighted by Crippen LogP contribution is -2.48. The van der Waals surface area contributed by atoms with E-state index in [0.717, 1.165) is 17.7 Å². The summed E-state index contributed by atoms with van der Waals surface area (Å²) in [6.07, 6.45) is 0.850. The predicted molar refractivity (Wildman–Crippen MR) is 127 cm³/mol. The Morgan fingerprint density at radius 3 is 2.43 bits per heavy atom. The highest BCUT2D eigenvalue weighted by Crippen LogP contribution is 2.21. The minimum atomic E-state index is -0.567. The van der Waals surface area contributed by atoms with Crippen LogP contribution in [-0.4, -0.2) is 35.1 Å². The van der Waals surface area contributed by atoms with Gasteiger partial charge in [0.1, 0.15) is 6.04 Å². The van der Waals surface area contributed by atoms with Crippen LogP contribution in [0.2, 0.25) is 5.02 Å². The molecule has 2 aromatic rings. The first kappa shape index (κ1) is 24.3. The van der Waals surface area contributed by atoms with E-state index >= 15 is 0 Å². The standard InChI is InChI=1S/C24H31ClN2O2S/c1-5-10-26-24(29)19(4)27(14-21-8-6-7-9-22(21)25)23(28)16-30-15-20-12-17(2)11-18(3)13-20/h6-9,11-13,19H,5,10,14-16H2,1-4H3,(H,26,29). The van der Waals surface area contributed by atoms with Gasteiger partial charge in [-0.1, -0.05) is 66.0 Å². The van der Waals surface area contributed by atoms with Gasteiger partial charge in [0.2, 0.25) is 11.8 Å². The van der Waals surface area contributed by atoms with E-state index in [0.29, 0.717) is 23.9 Å². The fraction of sp³-hybridized carbons (Fsp3) is 0.417. The molecule has 0 spiro atoms. The lowest BCUT2D eigenvalue weighted by atomic mass is 10.1. The van der Waals surface area contributed by atoms with Crippen LogP contribution < -0.4 is 5.32 Å². The molecule has 162 valence electrons. The molecule has 2 amide bonds. The first-order chi connectivity index (χ1) is 14.3. The van der Waals surface area contributed by atoms with Crippen LogP contribution in [0.1, 0.15) is 42.5 Å².